The Morgan fingerprint density at radius 3 is 2.48 bits per heavy atom. The second kappa shape index (κ2) is 6.15. The number of rotatable bonds is 2. The summed E-state index contributed by atoms with van der Waals surface area (Å²) in [5.74, 6) is 1.52. The van der Waals surface area contributed by atoms with Crippen molar-refractivity contribution in [2.24, 2.45) is 0 Å². The number of nitrogens with zero attached hydrogens (tertiary/aromatic N) is 1. The molecule has 25 heavy (non-hydrogen) atoms. The molecule has 0 fully saturated rings. The number of hydrogen-bond donors (Lipinski definition) is 2. The van der Waals surface area contributed by atoms with Crippen LogP contribution in [-0.4, -0.2) is 42.4 Å². The van der Waals surface area contributed by atoms with E-state index in [1.165, 1.54) is 11.1 Å². The zero-order chi connectivity index (χ0) is 17.6. The SMILES string of the molecule is COc1ccc2c(c1OC)CCN1CCc3cc(O)c(O)cc3C1C2. The first-order valence-corrected chi connectivity index (χ1v) is 8.64. The van der Waals surface area contributed by atoms with Gasteiger partial charge in [-0.05, 0) is 54.2 Å². The number of fused-ring (bicyclic) bond motifs is 4. The fourth-order valence-corrected chi connectivity index (χ4v) is 4.25. The summed E-state index contributed by atoms with van der Waals surface area (Å²) in [6.07, 6.45) is 2.65. The second-order valence-corrected chi connectivity index (χ2v) is 6.73. The fourth-order valence-electron chi connectivity index (χ4n) is 4.25. The zero-order valence-corrected chi connectivity index (χ0v) is 14.6. The van der Waals surface area contributed by atoms with Crippen molar-refractivity contribution in [2.75, 3.05) is 27.3 Å². The summed E-state index contributed by atoms with van der Waals surface area (Å²) in [4.78, 5) is 2.46. The molecule has 1 atom stereocenters. The Bertz CT molecular complexity index is 818. The predicted molar refractivity (Wildman–Crippen MR) is 94.7 cm³/mol. The predicted octanol–water partition coefficient (Wildman–Crippen LogP) is 2.81. The molecule has 0 saturated heterocycles. The van der Waals surface area contributed by atoms with Crippen molar-refractivity contribution < 1.29 is 19.7 Å². The summed E-state index contributed by atoms with van der Waals surface area (Å²) in [7, 11) is 3.35. The largest absolute Gasteiger partial charge is 0.504 e. The second-order valence-electron chi connectivity index (χ2n) is 6.73. The van der Waals surface area contributed by atoms with E-state index in [9.17, 15) is 10.2 Å². The Balaban J connectivity index is 1.79. The average molecular weight is 341 g/mol. The van der Waals surface area contributed by atoms with E-state index in [-0.39, 0.29) is 17.5 Å². The Labute approximate surface area is 147 Å². The van der Waals surface area contributed by atoms with E-state index >= 15 is 0 Å². The van der Waals surface area contributed by atoms with Crippen LogP contribution in [-0.2, 0) is 19.3 Å². The van der Waals surface area contributed by atoms with Gasteiger partial charge in [0.25, 0.3) is 0 Å². The van der Waals surface area contributed by atoms with Gasteiger partial charge in [0.2, 0.25) is 0 Å². The van der Waals surface area contributed by atoms with Crippen molar-refractivity contribution in [1.82, 2.24) is 4.90 Å². The van der Waals surface area contributed by atoms with Crippen LogP contribution in [0.25, 0.3) is 0 Å². The topological polar surface area (TPSA) is 62.2 Å². The van der Waals surface area contributed by atoms with Crippen molar-refractivity contribution in [2.45, 2.75) is 25.3 Å². The first kappa shape index (κ1) is 16.1. The molecule has 4 rings (SSSR count). The Hall–Kier alpha value is -2.40. The maximum absolute atomic E-state index is 9.98. The molecular weight excluding hydrogens is 318 g/mol. The van der Waals surface area contributed by atoms with Crippen LogP contribution in [0, 0.1) is 0 Å². The highest BCUT2D eigenvalue weighted by molar-refractivity contribution is 5.53. The summed E-state index contributed by atoms with van der Waals surface area (Å²) in [5, 5.41) is 19.8. The lowest BCUT2D eigenvalue weighted by Gasteiger charge is -2.36. The standard InChI is InChI=1S/C20H23NO4/c1-24-19-4-3-12-9-16-15-11-18(23)17(22)10-13(15)5-7-21(16)8-6-14(12)20(19)25-2/h3-4,10-11,16,22-23H,5-9H2,1-2H3. The third-order valence-corrected chi connectivity index (χ3v) is 5.51. The van der Waals surface area contributed by atoms with Crippen molar-refractivity contribution in [1.29, 1.82) is 0 Å². The maximum atomic E-state index is 9.98. The fraction of sp³-hybridized carbons (Fsp3) is 0.400. The van der Waals surface area contributed by atoms with E-state index < -0.39 is 0 Å². The number of aromatic hydroxyl groups is 2. The van der Waals surface area contributed by atoms with Crippen LogP contribution in [0.5, 0.6) is 23.0 Å². The molecule has 0 aromatic heterocycles. The van der Waals surface area contributed by atoms with Gasteiger partial charge in [-0.15, -0.1) is 0 Å². The molecule has 5 nitrogen and oxygen atoms in total. The van der Waals surface area contributed by atoms with Gasteiger partial charge >= 0.3 is 0 Å². The van der Waals surface area contributed by atoms with Crippen LogP contribution in [0.1, 0.15) is 28.3 Å². The third-order valence-electron chi connectivity index (χ3n) is 5.51. The van der Waals surface area contributed by atoms with E-state index in [0.717, 1.165) is 55.0 Å². The van der Waals surface area contributed by atoms with E-state index in [1.54, 1.807) is 26.4 Å². The quantitative estimate of drug-likeness (QED) is 0.823. The molecule has 132 valence electrons. The Kier molecular flexibility index (Phi) is 3.96. The molecule has 0 saturated carbocycles. The van der Waals surface area contributed by atoms with Gasteiger partial charge in [-0.2, -0.15) is 0 Å². The minimum atomic E-state index is -0.0441. The zero-order valence-electron chi connectivity index (χ0n) is 14.6. The summed E-state index contributed by atoms with van der Waals surface area (Å²) in [5.41, 5.74) is 4.70. The molecule has 0 amide bonds. The minimum Gasteiger partial charge on any atom is -0.504 e. The van der Waals surface area contributed by atoms with Gasteiger partial charge in [-0.3, -0.25) is 4.90 Å². The van der Waals surface area contributed by atoms with Gasteiger partial charge in [0.05, 0.1) is 14.2 Å². The molecule has 2 N–H and O–H groups in total. The van der Waals surface area contributed by atoms with Gasteiger partial charge in [-0.1, -0.05) is 6.07 Å². The molecule has 0 spiro atoms. The van der Waals surface area contributed by atoms with Crippen LogP contribution in [0.3, 0.4) is 0 Å². The normalized spacial score (nSPS) is 19.4. The van der Waals surface area contributed by atoms with E-state index in [1.807, 2.05) is 6.07 Å². The first-order chi connectivity index (χ1) is 12.1. The lowest BCUT2D eigenvalue weighted by Crippen LogP contribution is -2.36. The van der Waals surface area contributed by atoms with E-state index in [0.29, 0.717) is 0 Å². The molecule has 2 aliphatic rings. The number of phenols is 2. The van der Waals surface area contributed by atoms with Crippen LogP contribution in [0.15, 0.2) is 24.3 Å². The van der Waals surface area contributed by atoms with Gasteiger partial charge in [0.1, 0.15) is 0 Å². The molecule has 2 aromatic rings. The number of phenolic OH excluding ortho intramolecular Hbond substituents is 2. The van der Waals surface area contributed by atoms with E-state index in [2.05, 4.69) is 11.0 Å². The Morgan fingerprint density at radius 1 is 0.960 bits per heavy atom. The van der Waals surface area contributed by atoms with Crippen molar-refractivity contribution in [3.8, 4) is 23.0 Å². The molecule has 0 bridgehead atoms. The number of ether oxygens (including phenoxy) is 2. The third kappa shape index (κ3) is 2.59. The maximum Gasteiger partial charge on any atom is 0.164 e. The van der Waals surface area contributed by atoms with Crippen molar-refractivity contribution in [3.63, 3.8) is 0 Å². The molecular formula is C20H23NO4. The molecule has 2 aromatic carbocycles. The van der Waals surface area contributed by atoms with Crippen LogP contribution in [0.2, 0.25) is 0 Å². The summed E-state index contributed by atoms with van der Waals surface area (Å²) in [6, 6.07) is 7.73. The van der Waals surface area contributed by atoms with Crippen molar-refractivity contribution in [3.05, 3.63) is 46.5 Å². The first-order valence-electron chi connectivity index (χ1n) is 8.64. The highest BCUT2D eigenvalue weighted by Crippen LogP contribution is 2.43. The average Bonchev–Trinajstić information content (AvgIpc) is 2.81. The van der Waals surface area contributed by atoms with E-state index in [4.69, 9.17) is 9.47 Å². The van der Waals surface area contributed by atoms with Crippen LogP contribution < -0.4 is 9.47 Å². The van der Waals surface area contributed by atoms with Crippen molar-refractivity contribution >= 4 is 0 Å². The van der Waals surface area contributed by atoms with Crippen LogP contribution >= 0.6 is 0 Å². The molecule has 2 heterocycles. The monoisotopic (exact) mass is 341 g/mol. The number of methoxy groups -OCH3 is 2. The highest BCUT2D eigenvalue weighted by atomic mass is 16.5. The highest BCUT2D eigenvalue weighted by Gasteiger charge is 2.32. The van der Waals surface area contributed by atoms with Crippen LogP contribution in [0.4, 0.5) is 0 Å². The smallest absolute Gasteiger partial charge is 0.164 e. The lowest BCUT2D eigenvalue weighted by molar-refractivity contribution is 0.191. The summed E-state index contributed by atoms with van der Waals surface area (Å²) in [6.45, 7) is 1.89. The molecule has 0 aliphatic carbocycles. The molecule has 1 unspecified atom stereocenters. The van der Waals surface area contributed by atoms with Gasteiger partial charge in [0, 0.05) is 24.7 Å². The summed E-state index contributed by atoms with van der Waals surface area (Å²) < 4.78 is 11.1. The molecule has 2 aliphatic heterocycles. The van der Waals surface area contributed by atoms with Gasteiger partial charge in [-0.25, -0.2) is 0 Å². The van der Waals surface area contributed by atoms with Gasteiger partial charge in [0.15, 0.2) is 23.0 Å². The number of benzene rings is 2. The molecule has 0 radical (unpaired) electrons. The lowest BCUT2D eigenvalue weighted by atomic mass is 9.88. The van der Waals surface area contributed by atoms with Gasteiger partial charge < -0.3 is 19.7 Å². The Morgan fingerprint density at radius 2 is 1.72 bits per heavy atom. The summed E-state index contributed by atoms with van der Waals surface area (Å²) >= 11 is 0. The molecule has 5 heteroatoms. The number of hydrogen-bond acceptors (Lipinski definition) is 5. The minimum absolute atomic E-state index is 0.0346.